The maximum atomic E-state index is 16.3. The van der Waals surface area contributed by atoms with Gasteiger partial charge in [0.15, 0.2) is 11.4 Å². The third kappa shape index (κ3) is 7.11. The number of hydrogen-bond donors (Lipinski definition) is 0. The Morgan fingerprint density at radius 3 is 1.16 bits per heavy atom. The highest BCUT2D eigenvalue weighted by Crippen LogP contribution is 2.50. The Kier molecular flexibility index (Phi) is 10.8. The lowest BCUT2D eigenvalue weighted by Crippen LogP contribution is -2.42. The summed E-state index contributed by atoms with van der Waals surface area (Å²) < 4.78 is 70.1. The van der Waals surface area contributed by atoms with Gasteiger partial charge in [-0.25, -0.2) is 9.13 Å². The van der Waals surface area contributed by atoms with Gasteiger partial charge >= 0.3 is 12.3 Å². The molecule has 6 heterocycles. The predicted octanol–water partition coefficient (Wildman–Crippen LogP) is 16.3. The van der Waals surface area contributed by atoms with Crippen molar-refractivity contribution in [2.24, 2.45) is 0 Å². The fourth-order valence-electron chi connectivity index (χ4n) is 12.3. The first-order valence-corrected chi connectivity index (χ1v) is 25.1. The van der Waals surface area contributed by atoms with E-state index in [1.807, 2.05) is 88.4 Å². The lowest BCUT2D eigenvalue weighted by Gasteiger charge is -2.28. The summed E-state index contributed by atoms with van der Waals surface area (Å²) in [7, 11) is 0. The van der Waals surface area contributed by atoms with Crippen LogP contribution in [0.3, 0.4) is 0 Å². The van der Waals surface area contributed by atoms with Crippen LogP contribution in [0.5, 0.6) is 0 Å². The van der Waals surface area contributed by atoms with Crippen molar-refractivity contribution in [3.63, 3.8) is 0 Å². The second-order valence-corrected chi connectivity index (χ2v) is 20.2. The Bertz CT molecular complexity index is 3550. The number of benzene rings is 6. The second-order valence-electron chi connectivity index (χ2n) is 20.2. The summed E-state index contributed by atoms with van der Waals surface area (Å²) in [4.78, 5) is 2.21. The Hall–Kier alpha value is -8.30. The van der Waals surface area contributed by atoms with Gasteiger partial charge in [0.25, 0.3) is 0 Å². The summed E-state index contributed by atoms with van der Waals surface area (Å²) in [6, 6.07) is 58.5. The molecule has 0 bridgehead atoms. The smallest absolute Gasteiger partial charge is 0.311 e. The van der Waals surface area contributed by atoms with Crippen molar-refractivity contribution in [2.75, 3.05) is 4.90 Å². The Morgan fingerprint density at radius 2 is 0.743 bits per heavy atom. The molecule has 74 heavy (non-hydrogen) atoms. The highest BCUT2D eigenvalue weighted by atomic mass is 19.3. The van der Waals surface area contributed by atoms with Crippen molar-refractivity contribution in [1.82, 2.24) is 9.13 Å². The number of aryl methyl sites for hydroxylation is 4. The van der Waals surface area contributed by atoms with E-state index in [9.17, 15) is 0 Å². The number of fused-ring (bicyclic) bond motifs is 4. The van der Waals surface area contributed by atoms with Gasteiger partial charge < -0.3 is 4.90 Å². The zero-order chi connectivity index (χ0) is 51.5. The van der Waals surface area contributed by atoms with Gasteiger partial charge in [0.1, 0.15) is 0 Å². The van der Waals surface area contributed by atoms with E-state index in [-0.39, 0.29) is 5.92 Å². The van der Waals surface area contributed by atoms with E-state index in [4.69, 9.17) is 0 Å². The number of aromatic nitrogens is 2. The first kappa shape index (κ1) is 46.8. The third-order valence-corrected chi connectivity index (χ3v) is 15.3. The molecular formula is C65H55F4N5+2. The number of hydrogen-bond acceptors (Lipinski definition) is 1. The van der Waals surface area contributed by atoms with Crippen LogP contribution < -0.4 is 4.90 Å². The molecule has 4 aliphatic rings. The van der Waals surface area contributed by atoms with E-state index < -0.39 is 12.3 Å². The minimum absolute atomic E-state index is 0.0800. The first-order chi connectivity index (χ1) is 35.5. The lowest BCUT2D eigenvalue weighted by atomic mass is 9.83. The fraction of sp³-hybridized carbons (Fsp3) is 0.169. The molecule has 5 nitrogen and oxygen atoms in total. The van der Waals surface area contributed by atoms with Gasteiger partial charge in [-0.2, -0.15) is 0 Å². The first-order valence-electron chi connectivity index (χ1n) is 25.1. The molecule has 0 amide bonds. The van der Waals surface area contributed by atoms with Gasteiger partial charge in [-0.3, -0.25) is 0 Å². The highest BCUT2D eigenvalue weighted by Gasteiger charge is 2.59. The predicted molar refractivity (Wildman–Crippen MR) is 290 cm³/mol. The van der Waals surface area contributed by atoms with E-state index >= 15 is 17.6 Å². The number of para-hydroxylation sites is 1. The summed E-state index contributed by atoms with van der Waals surface area (Å²) >= 11 is 0. The molecule has 2 aromatic heterocycles. The van der Waals surface area contributed by atoms with Gasteiger partial charge in [0.2, 0.25) is 11.4 Å². The molecule has 0 saturated heterocycles. The zero-order valence-corrected chi connectivity index (χ0v) is 42.6. The van der Waals surface area contributed by atoms with Crippen molar-refractivity contribution in [3.8, 4) is 11.1 Å². The van der Waals surface area contributed by atoms with Crippen LogP contribution in [-0.4, -0.2) is 29.7 Å². The molecule has 1 unspecified atom stereocenters. The quantitative estimate of drug-likeness (QED) is 0.0610. The minimum Gasteiger partial charge on any atom is -0.311 e. The van der Waals surface area contributed by atoms with E-state index in [0.29, 0.717) is 45.6 Å². The molecule has 0 radical (unpaired) electrons. The summed E-state index contributed by atoms with van der Waals surface area (Å²) in [6.45, 7) is 14.7. The SMILES string of the molecule is CC1=CC(C)=[N+]2C1=C(c1ccc(C(c3ccccc3)c3ccc(-c4ccc(N(c5ccccc5)c5ccc(C6=C7C(C)=CC(C)=[N+]7C(F)(F)n7c(C)cc(C)c76)cc5)cc4)cc3)cc1)c1c(C)cc(C)n1C2(F)F. The van der Waals surface area contributed by atoms with Crippen LogP contribution in [0.15, 0.2) is 205 Å². The molecule has 8 aromatic rings. The summed E-state index contributed by atoms with van der Waals surface area (Å²) in [5.41, 5.74) is 19.3. The van der Waals surface area contributed by atoms with E-state index in [1.165, 1.54) is 18.3 Å². The minimum atomic E-state index is -3.24. The number of allylic oxidation sites excluding steroid dienone is 4. The molecule has 0 fully saturated rings. The largest absolute Gasteiger partial charge is 0.565 e. The Labute approximate surface area is 429 Å². The molecule has 1 atom stereocenters. The normalized spacial score (nSPS) is 16.8. The molecule has 0 saturated carbocycles. The van der Waals surface area contributed by atoms with Crippen LogP contribution in [0.1, 0.15) is 95.3 Å². The number of nitrogens with zero attached hydrogens (tertiary/aromatic N) is 5. The van der Waals surface area contributed by atoms with Crippen LogP contribution >= 0.6 is 0 Å². The van der Waals surface area contributed by atoms with Crippen molar-refractivity contribution >= 4 is 39.6 Å². The van der Waals surface area contributed by atoms with Gasteiger partial charge in [-0.15, -0.1) is 26.7 Å². The molecule has 0 spiro atoms. The average molecular weight is 982 g/mol. The van der Waals surface area contributed by atoms with Crippen LogP contribution in [0.2, 0.25) is 0 Å². The fourth-order valence-corrected chi connectivity index (χ4v) is 12.3. The van der Waals surface area contributed by atoms with Crippen molar-refractivity contribution in [3.05, 3.63) is 266 Å². The van der Waals surface area contributed by atoms with Crippen LogP contribution in [0, 0.1) is 27.7 Å². The number of anilines is 3. The zero-order valence-electron chi connectivity index (χ0n) is 42.6. The van der Waals surface area contributed by atoms with Crippen LogP contribution in [0.4, 0.5) is 34.6 Å². The average Bonchev–Trinajstić information content (AvgIpc) is 4.11. The monoisotopic (exact) mass is 981 g/mol. The summed E-state index contributed by atoms with van der Waals surface area (Å²) in [5, 5.41) is 0. The van der Waals surface area contributed by atoms with Gasteiger partial charge in [0.05, 0.1) is 22.5 Å². The van der Waals surface area contributed by atoms with Gasteiger partial charge in [0, 0.05) is 71.5 Å². The lowest BCUT2D eigenvalue weighted by molar-refractivity contribution is -0.676. The maximum Gasteiger partial charge on any atom is 0.565 e. The molecule has 0 aliphatic carbocycles. The van der Waals surface area contributed by atoms with Crippen LogP contribution in [-0.2, 0) is 12.3 Å². The highest BCUT2D eigenvalue weighted by molar-refractivity contribution is 5.97. The number of halogens is 4. The van der Waals surface area contributed by atoms with E-state index in [0.717, 1.165) is 89.4 Å². The molecule has 4 aliphatic heterocycles. The van der Waals surface area contributed by atoms with E-state index in [2.05, 4.69) is 126 Å². The van der Waals surface area contributed by atoms with Crippen molar-refractivity contribution < 1.29 is 26.7 Å². The Morgan fingerprint density at radius 1 is 0.405 bits per heavy atom. The molecule has 366 valence electrons. The molecule has 6 aromatic carbocycles. The van der Waals surface area contributed by atoms with Gasteiger partial charge in [-0.1, -0.05) is 121 Å². The number of alkyl halides is 4. The maximum absolute atomic E-state index is 16.3. The van der Waals surface area contributed by atoms with Crippen LogP contribution in [0.25, 0.3) is 22.3 Å². The van der Waals surface area contributed by atoms with E-state index in [1.54, 1.807) is 27.7 Å². The summed E-state index contributed by atoms with van der Waals surface area (Å²) in [6.07, 6.45) is -2.78. The molecule has 9 heteroatoms. The second kappa shape index (κ2) is 17.2. The topological polar surface area (TPSA) is 19.1 Å². The number of rotatable bonds is 9. The third-order valence-electron chi connectivity index (χ3n) is 15.3. The molecular weight excluding hydrogens is 927 g/mol. The van der Waals surface area contributed by atoms with Crippen molar-refractivity contribution in [1.29, 1.82) is 0 Å². The standard InChI is InChI=1S/C65H55F4N5/c1-39-35-43(5)71-60(39)58(61-40(2)36-44(6)72(61)64(71,66)67)52-25-23-51(24-26-52)57(49-15-11-9-12-16-49)50-21-19-47(20-22-50)48-27-31-55(32-28-48)70(54-17-13-10-14-18-54)56-33-29-53(30-34-56)59-62-41(3)37-45(7)73(62)65(68,69)74-46(8)38-42(4)63(59)74/h9-38,57H,1-8H3/q+2. The molecule has 12 rings (SSSR count). The van der Waals surface area contributed by atoms with Gasteiger partial charge in [-0.05, 0) is 140 Å². The summed E-state index contributed by atoms with van der Waals surface area (Å²) in [5.74, 6) is -0.0800. The van der Waals surface area contributed by atoms with Crippen molar-refractivity contribution in [2.45, 2.75) is 73.6 Å². The molecule has 0 N–H and O–H groups in total. The Balaban J connectivity index is 0.860.